The van der Waals surface area contributed by atoms with Gasteiger partial charge in [-0.25, -0.2) is 9.50 Å². The molecule has 0 aliphatic carbocycles. The SMILES string of the molecule is CC(=O)O[C@@H]1COCC[C@H]1Nc1ncc2c(Cl)c(I)c(C(C)C(F)(F)F)n2n1. The van der Waals surface area contributed by atoms with Crippen molar-refractivity contribution in [3.05, 3.63) is 20.5 Å². The number of hydrogen-bond donors (Lipinski definition) is 1. The summed E-state index contributed by atoms with van der Waals surface area (Å²) in [5, 5.41) is 7.43. The number of fused-ring (bicyclic) bond motifs is 1. The number of halogens is 5. The molecule has 0 bridgehead atoms. The summed E-state index contributed by atoms with van der Waals surface area (Å²) in [6.07, 6.45) is -3.11. The highest BCUT2D eigenvalue weighted by Crippen LogP contribution is 2.40. The lowest BCUT2D eigenvalue weighted by molar-refractivity contribution is -0.153. The summed E-state index contributed by atoms with van der Waals surface area (Å²) in [5.74, 6) is -2.11. The van der Waals surface area contributed by atoms with Crippen LogP contribution in [0.15, 0.2) is 6.20 Å². The minimum absolute atomic E-state index is 0.0536. The molecule has 12 heteroatoms. The third-order valence-corrected chi connectivity index (χ3v) is 6.23. The Hall–Kier alpha value is -1.34. The fourth-order valence-corrected chi connectivity index (χ4v) is 4.17. The van der Waals surface area contributed by atoms with Crippen LogP contribution in [0.25, 0.3) is 5.52 Å². The summed E-state index contributed by atoms with van der Waals surface area (Å²) in [4.78, 5) is 15.4. The third kappa shape index (κ3) is 4.30. The van der Waals surface area contributed by atoms with E-state index in [-0.39, 0.29) is 38.4 Å². The predicted molar refractivity (Wildman–Crippen MR) is 104 cm³/mol. The van der Waals surface area contributed by atoms with E-state index >= 15 is 0 Å². The first-order valence-electron chi connectivity index (χ1n) is 8.40. The van der Waals surface area contributed by atoms with Crippen LogP contribution in [0.2, 0.25) is 5.02 Å². The molecule has 1 unspecified atom stereocenters. The van der Waals surface area contributed by atoms with Crippen LogP contribution < -0.4 is 5.32 Å². The van der Waals surface area contributed by atoms with Gasteiger partial charge in [-0.05, 0) is 35.9 Å². The van der Waals surface area contributed by atoms with Crippen molar-refractivity contribution in [1.29, 1.82) is 0 Å². The first-order chi connectivity index (χ1) is 13.1. The summed E-state index contributed by atoms with van der Waals surface area (Å²) in [6.45, 7) is 3.01. The maximum atomic E-state index is 13.3. The van der Waals surface area contributed by atoms with E-state index in [0.717, 1.165) is 11.4 Å². The summed E-state index contributed by atoms with van der Waals surface area (Å²) in [7, 11) is 0. The average Bonchev–Trinajstić information content (AvgIpc) is 2.85. The van der Waals surface area contributed by atoms with Crippen molar-refractivity contribution < 1.29 is 27.4 Å². The van der Waals surface area contributed by atoms with Crippen LogP contribution in [-0.4, -0.2) is 52.1 Å². The van der Waals surface area contributed by atoms with E-state index in [4.69, 9.17) is 21.1 Å². The van der Waals surface area contributed by atoms with Gasteiger partial charge >= 0.3 is 12.1 Å². The second-order valence-corrected chi connectivity index (χ2v) is 7.87. The topological polar surface area (TPSA) is 77.8 Å². The van der Waals surface area contributed by atoms with Crippen molar-refractivity contribution in [2.75, 3.05) is 18.5 Å². The summed E-state index contributed by atoms with van der Waals surface area (Å²) < 4.78 is 51.9. The number of rotatable bonds is 4. The molecule has 0 spiro atoms. The highest BCUT2D eigenvalue weighted by Gasteiger charge is 2.41. The van der Waals surface area contributed by atoms with Crippen molar-refractivity contribution in [1.82, 2.24) is 14.6 Å². The van der Waals surface area contributed by atoms with Gasteiger partial charge in [0.2, 0.25) is 5.95 Å². The van der Waals surface area contributed by atoms with E-state index in [1.165, 1.54) is 13.1 Å². The van der Waals surface area contributed by atoms with Crippen molar-refractivity contribution in [3.63, 3.8) is 0 Å². The molecule has 3 rings (SSSR count). The molecule has 0 saturated carbocycles. The molecule has 7 nitrogen and oxygen atoms in total. The van der Waals surface area contributed by atoms with Crippen molar-refractivity contribution in [3.8, 4) is 0 Å². The second kappa shape index (κ2) is 8.19. The molecule has 1 aliphatic heterocycles. The first-order valence-corrected chi connectivity index (χ1v) is 9.86. The monoisotopic (exact) mass is 532 g/mol. The Labute approximate surface area is 177 Å². The van der Waals surface area contributed by atoms with Gasteiger partial charge in [0, 0.05) is 13.5 Å². The van der Waals surface area contributed by atoms with Gasteiger partial charge in [-0.15, -0.1) is 5.10 Å². The number of alkyl halides is 3. The summed E-state index contributed by atoms with van der Waals surface area (Å²) in [5.41, 5.74) is 0.230. The lowest BCUT2D eigenvalue weighted by atomic mass is 10.1. The van der Waals surface area contributed by atoms with Gasteiger partial charge in [0.15, 0.2) is 0 Å². The molecule has 154 valence electrons. The molecule has 1 N–H and O–H groups in total. The number of esters is 1. The van der Waals surface area contributed by atoms with E-state index < -0.39 is 24.2 Å². The highest BCUT2D eigenvalue weighted by atomic mass is 127. The third-order valence-electron chi connectivity index (χ3n) is 4.44. The standard InChI is InChI=1S/C16H17ClF3IN4O3/c1-7(16(18,19)20)14-13(21)12(17)10-5-22-15(24-25(10)14)23-9-3-4-27-6-11(9)28-8(2)26/h5,7,9,11H,3-4,6H2,1-2H3,(H,23,24)/t7?,9-,11-/m1/s1. The quantitative estimate of drug-likeness (QED) is 0.477. The Balaban J connectivity index is 1.96. The summed E-state index contributed by atoms with van der Waals surface area (Å²) >= 11 is 7.98. The van der Waals surface area contributed by atoms with Crippen LogP contribution in [0.1, 0.15) is 31.9 Å². The van der Waals surface area contributed by atoms with Crippen LogP contribution in [0.4, 0.5) is 19.1 Å². The zero-order chi connectivity index (χ0) is 20.6. The van der Waals surface area contributed by atoms with Crippen molar-refractivity contribution >= 4 is 51.6 Å². The minimum Gasteiger partial charge on any atom is -0.458 e. The van der Waals surface area contributed by atoms with Crippen LogP contribution in [0.5, 0.6) is 0 Å². The lowest BCUT2D eigenvalue weighted by Crippen LogP contribution is -2.44. The number of carbonyl (C=O) groups is 1. The number of nitrogens with zero attached hydrogens (tertiary/aromatic N) is 3. The molecule has 1 saturated heterocycles. The minimum atomic E-state index is -4.45. The molecule has 2 aromatic heterocycles. The molecular weight excluding hydrogens is 516 g/mol. The number of aromatic nitrogens is 3. The maximum absolute atomic E-state index is 13.3. The molecule has 2 aromatic rings. The van der Waals surface area contributed by atoms with E-state index in [1.54, 1.807) is 22.6 Å². The highest BCUT2D eigenvalue weighted by molar-refractivity contribution is 14.1. The Kier molecular flexibility index (Phi) is 6.25. The molecule has 3 atom stereocenters. The summed E-state index contributed by atoms with van der Waals surface area (Å²) in [6, 6.07) is -0.330. The van der Waals surface area contributed by atoms with E-state index in [2.05, 4.69) is 15.4 Å². The normalized spacial score (nSPS) is 21.5. The van der Waals surface area contributed by atoms with Crippen molar-refractivity contribution in [2.45, 2.75) is 44.5 Å². The fourth-order valence-electron chi connectivity index (χ4n) is 2.97. The zero-order valence-corrected chi connectivity index (χ0v) is 17.8. The lowest BCUT2D eigenvalue weighted by Gasteiger charge is -2.31. The maximum Gasteiger partial charge on any atom is 0.397 e. The van der Waals surface area contributed by atoms with Crippen LogP contribution >= 0.6 is 34.2 Å². The average molecular weight is 533 g/mol. The zero-order valence-electron chi connectivity index (χ0n) is 14.9. The van der Waals surface area contributed by atoms with Gasteiger partial charge < -0.3 is 14.8 Å². The largest absolute Gasteiger partial charge is 0.458 e. The van der Waals surface area contributed by atoms with E-state index in [0.29, 0.717) is 13.0 Å². The smallest absolute Gasteiger partial charge is 0.397 e. The van der Waals surface area contributed by atoms with Crippen LogP contribution in [0, 0.1) is 3.57 Å². The van der Waals surface area contributed by atoms with Gasteiger partial charge in [-0.2, -0.15) is 13.2 Å². The Morgan fingerprint density at radius 2 is 2.25 bits per heavy atom. The molecule has 1 fully saturated rings. The molecule has 1 aliphatic rings. The molecule has 0 radical (unpaired) electrons. The van der Waals surface area contributed by atoms with Crippen molar-refractivity contribution in [2.24, 2.45) is 0 Å². The van der Waals surface area contributed by atoms with Gasteiger partial charge in [-0.3, -0.25) is 4.79 Å². The number of anilines is 1. The number of carbonyl (C=O) groups excluding carboxylic acids is 1. The molecule has 0 amide bonds. The van der Waals surface area contributed by atoms with Crippen LogP contribution in [-0.2, 0) is 14.3 Å². The Morgan fingerprint density at radius 3 is 2.89 bits per heavy atom. The number of nitrogens with one attached hydrogen (secondary N) is 1. The van der Waals surface area contributed by atoms with E-state index in [1.807, 2.05) is 0 Å². The predicted octanol–water partition coefficient (Wildman–Crippen LogP) is 3.79. The van der Waals surface area contributed by atoms with Gasteiger partial charge in [0.1, 0.15) is 11.6 Å². The van der Waals surface area contributed by atoms with Gasteiger partial charge in [0.25, 0.3) is 0 Å². The van der Waals surface area contributed by atoms with Crippen LogP contribution in [0.3, 0.4) is 0 Å². The molecular formula is C16H17ClF3IN4O3. The first kappa shape index (κ1) is 21.4. The molecule has 0 aromatic carbocycles. The number of hydrogen-bond acceptors (Lipinski definition) is 6. The number of ether oxygens (including phenoxy) is 2. The second-order valence-electron chi connectivity index (χ2n) is 6.42. The van der Waals surface area contributed by atoms with Gasteiger partial charge in [-0.1, -0.05) is 11.6 Å². The van der Waals surface area contributed by atoms with E-state index in [9.17, 15) is 18.0 Å². The molecule has 3 heterocycles. The Morgan fingerprint density at radius 1 is 1.54 bits per heavy atom. The fraction of sp³-hybridized carbons (Fsp3) is 0.562. The Bertz CT molecular complexity index is 892. The molecule has 28 heavy (non-hydrogen) atoms. The van der Waals surface area contributed by atoms with Gasteiger partial charge in [0.05, 0.1) is 39.1 Å².